The van der Waals surface area contributed by atoms with E-state index in [1.807, 2.05) is 0 Å². The molecule has 2 heteroatoms. The fourth-order valence-corrected chi connectivity index (χ4v) is 2.21. The second-order valence-corrected chi connectivity index (χ2v) is 4.83. The zero-order valence-electron chi connectivity index (χ0n) is 10.6. The van der Waals surface area contributed by atoms with Crippen molar-refractivity contribution in [3.8, 4) is 0 Å². The summed E-state index contributed by atoms with van der Waals surface area (Å²) in [4.78, 5) is 0. The largest absolute Gasteiger partial charge is 0.347 e. The van der Waals surface area contributed by atoms with Crippen LogP contribution in [0.25, 0.3) is 0 Å². The molecule has 1 rings (SSSR count). The Kier molecular flexibility index (Phi) is 5.62. The van der Waals surface area contributed by atoms with Gasteiger partial charge < -0.3 is 9.47 Å². The lowest BCUT2D eigenvalue weighted by atomic mass is 9.96. The monoisotopic (exact) mass is 214 g/mol. The van der Waals surface area contributed by atoms with E-state index in [4.69, 9.17) is 9.47 Å². The number of hydrogen-bond acceptors (Lipinski definition) is 2. The minimum absolute atomic E-state index is 0.258. The molecule has 0 atom stereocenters. The Morgan fingerprint density at radius 2 is 1.60 bits per heavy atom. The Bertz CT molecular complexity index is 160. The molecule has 0 bridgehead atoms. The first-order valence-corrected chi connectivity index (χ1v) is 6.49. The van der Waals surface area contributed by atoms with Crippen molar-refractivity contribution >= 4 is 0 Å². The van der Waals surface area contributed by atoms with Gasteiger partial charge in [-0.3, -0.25) is 0 Å². The van der Waals surface area contributed by atoms with E-state index in [2.05, 4.69) is 20.8 Å². The summed E-state index contributed by atoms with van der Waals surface area (Å²) in [6.07, 6.45) is 7.63. The SMILES string of the molecule is CCCCCCCC1(C(C)C)OCCO1. The van der Waals surface area contributed by atoms with E-state index in [1.54, 1.807) is 0 Å². The molecular weight excluding hydrogens is 188 g/mol. The fourth-order valence-electron chi connectivity index (χ4n) is 2.21. The van der Waals surface area contributed by atoms with E-state index in [0.717, 1.165) is 19.6 Å². The molecule has 1 saturated heterocycles. The van der Waals surface area contributed by atoms with Gasteiger partial charge in [-0.15, -0.1) is 0 Å². The molecule has 2 nitrogen and oxygen atoms in total. The highest BCUT2D eigenvalue weighted by atomic mass is 16.7. The zero-order chi connectivity index (χ0) is 11.1. The number of unbranched alkanes of at least 4 members (excludes halogenated alkanes) is 4. The highest BCUT2D eigenvalue weighted by Crippen LogP contribution is 2.33. The van der Waals surface area contributed by atoms with E-state index in [-0.39, 0.29) is 5.79 Å². The van der Waals surface area contributed by atoms with Gasteiger partial charge in [-0.25, -0.2) is 0 Å². The molecule has 0 saturated carbocycles. The third-order valence-corrected chi connectivity index (χ3v) is 3.28. The van der Waals surface area contributed by atoms with E-state index in [0.29, 0.717) is 5.92 Å². The zero-order valence-corrected chi connectivity index (χ0v) is 10.6. The second kappa shape index (κ2) is 6.49. The van der Waals surface area contributed by atoms with Crippen molar-refractivity contribution in [3.63, 3.8) is 0 Å². The van der Waals surface area contributed by atoms with Crippen LogP contribution >= 0.6 is 0 Å². The molecule has 0 N–H and O–H groups in total. The van der Waals surface area contributed by atoms with Crippen LogP contribution in [0.2, 0.25) is 0 Å². The predicted octanol–water partition coefficient (Wildman–Crippen LogP) is 3.75. The molecule has 90 valence electrons. The van der Waals surface area contributed by atoms with Crippen molar-refractivity contribution in [1.29, 1.82) is 0 Å². The lowest BCUT2D eigenvalue weighted by Crippen LogP contribution is -2.36. The van der Waals surface area contributed by atoms with Crippen molar-refractivity contribution in [1.82, 2.24) is 0 Å². The average Bonchev–Trinajstić information content (AvgIpc) is 2.67. The molecule has 1 aliphatic rings. The number of hydrogen-bond donors (Lipinski definition) is 0. The predicted molar refractivity (Wildman–Crippen MR) is 62.8 cm³/mol. The van der Waals surface area contributed by atoms with Gasteiger partial charge in [0.25, 0.3) is 0 Å². The van der Waals surface area contributed by atoms with Crippen molar-refractivity contribution in [2.45, 2.75) is 65.1 Å². The van der Waals surface area contributed by atoms with Gasteiger partial charge in [-0.05, 0) is 6.42 Å². The maximum absolute atomic E-state index is 5.79. The molecule has 0 radical (unpaired) electrons. The quantitative estimate of drug-likeness (QED) is 0.601. The Hall–Kier alpha value is -0.0800. The highest BCUT2D eigenvalue weighted by molar-refractivity contribution is 4.77. The molecule has 0 aliphatic carbocycles. The number of rotatable bonds is 7. The van der Waals surface area contributed by atoms with E-state index >= 15 is 0 Å². The standard InChI is InChI=1S/C13H26O2/c1-4-5-6-7-8-9-13(12(2)3)14-10-11-15-13/h12H,4-11H2,1-3H3. The minimum Gasteiger partial charge on any atom is -0.347 e. The summed E-state index contributed by atoms with van der Waals surface area (Å²) in [6, 6.07) is 0. The molecule has 0 aromatic carbocycles. The Morgan fingerprint density at radius 1 is 1.00 bits per heavy atom. The van der Waals surface area contributed by atoms with Crippen LogP contribution < -0.4 is 0 Å². The van der Waals surface area contributed by atoms with Gasteiger partial charge in [-0.1, -0.05) is 46.5 Å². The molecule has 0 aromatic rings. The van der Waals surface area contributed by atoms with Gasteiger partial charge in [0, 0.05) is 12.3 Å². The van der Waals surface area contributed by atoms with Gasteiger partial charge in [-0.2, -0.15) is 0 Å². The van der Waals surface area contributed by atoms with E-state index < -0.39 is 0 Å². The van der Waals surface area contributed by atoms with E-state index in [9.17, 15) is 0 Å². The topological polar surface area (TPSA) is 18.5 Å². The van der Waals surface area contributed by atoms with Crippen molar-refractivity contribution in [2.75, 3.05) is 13.2 Å². The van der Waals surface area contributed by atoms with Crippen LogP contribution in [0.1, 0.15) is 59.3 Å². The van der Waals surface area contributed by atoms with Gasteiger partial charge in [0.2, 0.25) is 0 Å². The smallest absolute Gasteiger partial charge is 0.170 e. The first-order chi connectivity index (χ1) is 7.21. The van der Waals surface area contributed by atoms with Crippen LogP contribution in [0.5, 0.6) is 0 Å². The third kappa shape index (κ3) is 3.76. The average molecular weight is 214 g/mol. The summed E-state index contributed by atoms with van der Waals surface area (Å²) in [7, 11) is 0. The molecule has 1 heterocycles. The van der Waals surface area contributed by atoms with Crippen LogP contribution in [-0.4, -0.2) is 19.0 Å². The van der Waals surface area contributed by atoms with Crippen LogP contribution in [0.4, 0.5) is 0 Å². The van der Waals surface area contributed by atoms with Crippen LogP contribution in [-0.2, 0) is 9.47 Å². The molecule has 0 unspecified atom stereocenters. The van der Waals surface area contributed by atoms with Crippen LogP contribution in [0, 0.1) is 5.92 Å². The molecular formula is C13H26O2. The summed E-state index contributed by atoms with van der Waals surface area (Å²) < 4.78 is 11.6. The molecule has 0 aromatic heterocycles. The number of ether oxygens (including phenoxy) is 2. The Balaban J connectivity index is 2.21. The normalized spacial score (nSPS) is 20.0. The molecule has 0 spiro atoms. The molecule has 0 amide bonds. The maximum Gasteiger partial charge on any atom is 0.170 e. The minimum atomic E-state index is -0.258. The first kappa shape index (κ1) is 13.0. The molecule has 15 heavy (non-hydrogen) atoms. The van der Waals surface area contributed by atoms with Gasteiger partial charge in [0.1, 0.15) is 0 Å². The Morgan fingerprint density at radius 3 is 2.13 bits per heavy atom. The molecule has 1 aliphatic heterocycles. The van der Waals surface area contributed by atoms with Crippen molar-refractivity contribution in [2.24, 2.45) is 5.92 Å². The van der Waals surface area contributed by atoms with Gasteiger partial charge >= 0.3 is 0 Å². The van der Waals surface area contributed by atoms with E-state index in [1.165, 1.54) is 32.1 Å². The van der Waals surface area contributed by atoms with Gasteiger partial charge in [0.15, 0.2) is 5.79 Å². The van der Waals surface area contributed by atoms with Crippen LogP contribution in [0.3, 0.4) is 0 Å². The summed E-state index contributed by atoms with van der Waals surface area (Å²) in [5.74, 6) is 0.206. The highest BCUT2D eigenvalue weighted by Gasteiger charge is 2.38. The Labute approximate surface area is 94.3 Å². The lowest BCUT2D eigenvalue weighted by Gasteiger charge is -2.31. The second-order valence-electron chi connectivity index (χ2n) is 4.83. The summed E-state index contributed by atoms with van der Waals surface area (Å²) in [5.41, 5.74) is 0. The summed E-state index contributed by atoms with van der Waals surface area (Å²) >= 11 is 0. The van der Waals surface area contributed by atoms with Crippen molar-refractivity contribution < 1.29 is 9.47 Å². The maximum atomic E-state index is 5.79. The summed E-state index contributed by atoms with van der Waals surface area (Å²) in [5, 5.41) is 0. The summed E-state index contributed by atoms with van der Waals surface area (Å²) in [6.45, 7) is 8.17. The fraction of sp³-hybridized carbons (Fsp3) is 1.00. The third-order valence-electron chi connectivity index (χ3n) is 3.28. The van der Waals surface area contributed by atoms with Crippen LogP contribution in [0.15, 0.2) is 0 Å². The molecule has 1 fully saturated rings. The van der Waals surface area contributed by atoms with Crippen molar-refractivity contribution in [3.05, 3.63) is 0 Å². The lowest BCUT2D eigenvalue weighted by molar-refractivity contribution is -0.193. The first-order valence-electron chi connectivity index (χ1n) is 6.49. The van der Waals surface area contributed by atoms with Gasteiger partial charge in [0.05, 0.1) is 13.2 Å².